The number of thiophene rings is 1. The third kappa shape index (κ3) is 3.86. The van der Waals surface area contributed by atoms with E-state index in [2.05, 4.69) is 36.8 Å². The van der Waals surface area contributed by atoms with Crippen molar-refractivity contribution in [1.29, 1.82) is 0 Å². The maximum Gasteiger partial charge on any atom is 0.233 e. The molecule has 0 radical (unpaired) electrons. The smallest absolute Gasteiger partial charge is 0.233 e. The second-order valence-corrected chi connectivity index (χ2v) is 8.58. The molecule has 4 nitrogen and oxygen atoms in total. The van der Waals surface area contributed by atoms with Crippen LogP contribution in [0.3, 0.4) is 0 Å². The number of nitrogens with zero attached hydrogens (tertiary/aromatic N) is 3. The van der Waals surface area contributed by atoms with Crippen molar-refractivity contribution in [2.24, 2.45) is 11.8 Å². The number of carbonyl (C=O) groups excluding carboxylic acids is 1. The fraction of sp³-hybridized carbons (Fsp3) is 0.588. The Morgan fingerprint density at radius 1 is 1.35 bits per heavy atom. The van der Waals surface area contributed by atoms with Gasteiger partial charge in [0.2, 0.25) is 5.91 Å². The minimum atomic E-state index is 0.228. The molecule has 23 heavy (non-hydrogen) atoms. The third-order valence-corrected chi connectivity index (χ3v) is 6.42. The number of hydrogen-bond donors (Lipinski definition) is 0. The van der Waals surface area contributed by atoms with Crippen molar-refractivity contribution in [3.63, 3.8) is 0 Å². The molecule has 3 heterocycles. The van der Waals surface area contributed by atoms with E-state index < -0.39 is 0 Å². The SMILES string of the molecule is CCc1cc2c(SCC(=O)N3CC(C)CC(C)C3)ncnc2s1. The molecule has 0 bridgehead atoms. The summed E-state index contributed by atoms with van der Waals surface area (Å²) in [6.07, 6.45) is 3.84. The number of piperidine rings is 1. The van der Waals surface area contributed by atoms with E-state index in [0.717, 1.165) is 34.8 Å². The van der Waals surface area contributed by atoms with E-state index in [0.29, 0.717) is 17.6 Å². The van der Waals surface area contributed by atoms with Gasteiger partial charge in [0.15, 0.2) is 0 Å². The molecule has 3 rings (SSSR count). The van der Waals surface area contributed by atoms with Crippen LogP contribution in [0.2, 0.25) is 0 Å². The maximum absolute atomic E-state index is 12.5. The van der Waals surface area contributed by atoms with Crippen LogP contribution in [0.25, 0.3) is 10.2 Å². The van der Waals surface area contributed by atoms with E-state index in [-0.39, 0.29) is 5.91 Å². The Balaban J connectivity index is 1.68. The summed E-state index contributed by atoms with van der Waals surface area (Å²) >= 11 is 3.26. The van der Waals surface area contributed by atoms with Gasteiger partial charge in [-0.2, -0.15) is 0 Å². The summed E-state index contributed by atoms with van der Waals surface area (Å²) in [5.74, 6) is 1.89. The molecule has 124 valence electrons. The van der Waals surface area contributed by atoms with Crippen molar-refractivity contribution >= 4 is 39.2 Å². The molecule has 1 aliphatic heterocycles. The lowest BCUT2D eigenvalue weighted by Crippen LogP contribution is -2.43. The van der Waals surface area contributed by atoms with E-state index in [1.54, 1.807) is 29.4 Å². The Morgan fingerprint density at radius 2 is 2.09 bits per heavy atom. The summed E-state index contributed by atoms with van der Waals surface area (Å²) in [6, 6.07) is 2.16. The number of aromatic nitrogens is 2. The largest absolute Gasteiger partial charge is 0.341 e. The normalized spacial score (nSPS) is 21.8. The minimum Gasteiger partial charge on any atom is -0.341 e. The number of aryl methyl sites for hydroxylation is 1. The number of thioether (sulfide) groups is 1. The first kappa shape index (κ1) is 16.7. The van der Waals surface area contributed by atoms with Gasteiger partial charge in [0.05, 0.1) is 5.75 Å². The summed E-state index contributed by atoms with van der Waals surface area (Å²) < 4.78 is 0. The molecular formula is C17H23N3OS2. The first-order valence-corrected chi connectivity index (χ1v) is 10.0. The molecule has 0 spiro atoms. The molecule has 1 saturated heterocycles. The Kier molecular flexibility index (Phi) is 5.21. The van der Waals surface area contributed by atoms with Crippen molar-refractivity contribution in [2.45, 2.75) is 38.6 Å². The fourth-order valence-corrected chi connectivity index (χ4v) is 5.14. The average molecular weight is 350 g/mol. The third-order valence-electron chi connectivity index (χ3n) is 4.25. The van der Waals surface area contributed by atoms with E-state index in [4.69, 9.17) is 0 Å². The number of likely N-dealkylation sites (tertiary alicyclic amines) is 1. The second kappa shape index (κ2) is 7.18. The van der Waals surface area contributed by atoms with Crippen LogP contribution in [0.4, 0.5) is 0 Å². The standard InChI is InChI=1S/C17H23N3OS2/c1-4-13-6-14-16(18-10-19-17(14)23-13)22-9-15(21)20-7-11(2)5-12(3)8-20/h6,10-12H,4-5,7-9H2,1-3H3. The molecule has 1 fully saturated rings. The number of carbonyl (C=O) groups is 1. The van der Waals surface area contributed by atoms with Crippen molar-refractivity contribution in [2.75, 3.05) is 18.8 Å². The van der Waals surface area contributed by atoms with Crippen molar-refractivity contribution in [3.05, 3.63) is 17.3 Å². The molecule has 1 amide bonds. The highest BCUT2D eigenvalue weighted by Gasteiger charge is 2.25. The quantitative estimate of drug-likeness (QED) is 0.621. The lowest BCUT2D eigenvalue weighted by atomic mass is 9.92. The maximum atomic E-state index is 12.5. The number of fused-ring (bicyclic) bond motifs is 1. The van der Waals surface area contributed by atoms with Gasteiger partial charge in [-0.25, -0.2) is 9.97 Å². The van der Waals surface area contributed by atoms with Crippen molar-refractivity contribution in [3.8, 4) is 0 Å². The van der Waals surface area contributed by atoms with E-state index >= 15 is 0 Å². The molecule has 0 N–H and O–H groups in total. The molecule has 1 aliphatic rings. The van der Waals surface area contributed by atoms with Crippen LogP contribution in [-0.2, 0) is 11.2 Å². The molecular weight excluding hydrogens is 326 g/mol. The number of rotatable bonds is 4. The van der Waals surface area contributed by atoms with Crippen LogP contribution in [0.5, 0.6) is 0 Å². The fourth-order valence-electron chi connectivity index (χ4n) is 3.26. The highest BCUT2D eigenvalue weighted by atomic mass is 32.2. The van der Waals surface area contributed by atoms with Crippen LogP contribution in [-0.4, -0.2) is 39.6 Å². The topological polar surface area (TPSA) is 46.1 Å². The average Bonchev–Trinajstić information content (AvgIpc) is 2.95. The number of hydrogen-bond acceptors (Lipinski definition) is 5. The zero-order valence-corrected chi connectivity index (χ0v) is 15.5. The van der Waals surface area contributed by atoms with Crippen LogP contribution < -0.4 is 0 Å². The zero-order chi connectivity index (χ0) is 16.4. The Hall–Kier alpha value is -1.14. The Labute approximate surface area is 145 Å². The van der Waals surface area contributed by atoms with Gasteiger partial charge >= 0.3 is 0 Å². The van der Waals surface area contributed by atoms with Crippen molar-refractivity contribution < 1.29 is 4.79 Å². The molecule has 2 unspecified atom stereocenters. The van der Waals surface area contributed by atoms with E-state index in [1.807, 2.05) is 4.90 Å². The van der Waals surface area contributed by atoms with Gasteiger partial charge in [-0.05, 0) is 30.7 Å². The summed E-state index contributed by atoms with van der Waals surface area (Å²) in [4.78, 5) is 25.6. The highest BCUT2D eigenvalue weighted by Crippen LogP contribution is 2.31. The van der Waals surface area contributed by atoms with Gasteiger partial charge in [-0.15, -0.1) is 11.3 Å². The lowest BCUT2D eigenvalue weighted by Gasteiger charge is -2.35. The summed E-state index contributed by atoms with van der Waals surface area (Å²) in [7, 11) is 0. The predicted octanol–water partition coefficient (Wildman–Crippen LogP) is 3.85. The first-order valence-electron chi connectivity index (χ1n) is 8.20. The van der Waals surface area contributed by atoms with Gasteiger partial charge in [0, 0.05) is 23.4 Å². The molecule has 2 aromatic rings. The van der Waals surface area contributed by atoms with Gasteiger partial charge in [-0.3, -0.25) is 4.79 Å². The van der Waals surface area contributed by atoms with Crippen LogP contribution in [0, 0.1) is 11.8 Å². The van der Waals surface area contributed by atoms with Gasteiger partial charge in [0.1, 0.15) is 16.2 Å². The van der Waals surface area contributed by atoms with Crippen LogP contribution >= 0.6 is 23.1 Å². The van der Waals surface area contributed by atoms with Gasteiger partial charge in [0.25, 0.3) is 0 Å². The summed E-state index contributed by atoms with van der Waals surface area (Å²) in [5, 5.41) is 2.02. The van der Waals surface area contributed by atoms with Crippen LogP contribution in [0.15, 0.2) is 17.4 Å². The van der Waals surface area contributed by atoms with Gasteiger partial charge < -0.3 is 4.90 Å². The predicted molar refractivity (Wildman–Crippen MR) is 97.0 cm³/mol. The molecule has 0 aromatic carbocycles. The minimum absolute atomic E-state index is 0.228. The molecule has 2 atom stereocenters. The molecule has 6 heteroatoms. The Morgan fingerprint density at radius 3 is 2.78 bits per heavy atom. The lowest BCUT2D eigenvalue weighted by molar-refractivity contribution is -0.130. The molecule has 0 saturated carbocycles. The van der Waals surface area contributed by atoms with Crippen molar-refractivity contribution in [1.82, 2.24) is 14.9 Å². The summed E-state index contributed by atoms with van der Waals surface area (Å²) in [6.45, 7) is 8.39. The zero-order valence-electron chi connectivity index (χ0n) is 13.9. The Bertz CT molecular complexity index is 690. The first-order chi connectivity index (χ1) is 11.1. The van der Waals surface area contributed by atoms with E-state index in [1.165, 1.54) is 11.3 Å². The molecule has 2 aromatic heterocycles. The van der Waals surface area contributed by atoms with E-state index in [9.17, 15) is 4.79 Å². The second-order valence-electron chi connectivity index (χ2n) is 6.50. The highest BCUT2D eigenvalue weighted by molar-refractivity contribution is 8.00. The van der Waals surface area contributed by atoms with Gasteiger partial charge in [-0.1, -0.05) is 32.5 Å². The summed E-state index contributed by atoms with van der Waals surface area (Å²) in [5.41, 5.74) is 0. The number of amides is 1. The monoisotopic (exact) mass is 349 g/mol. The molecule has 0 aliphatic carbocycles. The van der Waals surface area contributed by atoms with Crippen LogP contribution in [0.1, 0.15) is 32.1 Å².